The Morgan fingerprint density at radius 1 is 1.29 bits per heavy atom. The van der Waals surface area contributed by atoms with Crippen LogP contribution in [0.2, 0.25) is 10.0 Å². The maximum atomic E-state index is 12.7. The van der Waals surface area contributed by atoms with Gasteiger partial charge in [-0.2, -0.15) is 10.2 Å². The number of thiocarbonyl (C=S) groups is 1. The number of nitrogens with zero attached hydrogens (tertiary/aromatic N) is 3. The highest BCUT2D eigenvalue weighted by molar-refractivity contribution is 8.24. The molecule has 0 aromatic heterocycles. The van der Waals surface area contributed by atoms with Gasteiger partial charge in [0, 0.05) is 10.6 Å². The fourth-order valence-corrected chi connectivity index (χ4v) is 5.41. The number of hydrogen-bond donors (Lipinski definition) is 2. The van der Waals surface area contributed by atoms with Crippen molar-refractivity contribution in [1.82, 2.24) is 10.1 Å². The largest absolute Gasteiger partial charge is 0.347 e. The first-order valence-electron chi connectivity index (χ1n) is 9.07. The second-order valence-corrected chi connectivity index (χ2v) is 11.1. The number of hydrogen-bond acceptors (Lipinski definition) is 6. The van der Waals surface area contributed by atoms with E-state index in [4.69, 9.17) is 35.4 Å². The van der Waals surface area contributed by atoms with Gasteiger partial charge in [0.25, 0.3) is 0 Å². The summed E-state index contributed by atoms with van der Waals surface area (Å²) in [4.78, 5) is 13.9. The molecule has 1 aliphatic rings. The summed E-state index contributed by atoms with van der Waals surface area (Å²) in [5.74, 6) is 0. The van der Waals surface area contributed by atoms with Crippen LogP contribution in [0.4, 0.5) is 10.5 Å². The van der Waals surface area contributed by atoms with E-state index in [0.717, 1.165) is 10.5 Å². The van der Waals surface area contributed by atoms with Crippen LogP contribution >= 0.6 is 58.9 Å². The molecule has 6 nitrogen and oxygen atoms in total. The van der Waals surface area contributed by atoms with Crippen LogP contribution in [0.25, 0.3) is 0 Å². The van der Waals surface area contributed by atoms with E-state index in [1.165, 1.54) is 22.8 Å². The molecule has 0 radical (unpaired) electrons. The summed E-state index contributed by atoms with van der Waals surface area (Å²) in [5, 5.41) is 20.6. The Morgan fingerprint density at radius 2 is 1.97 bits per heavy atom. The third-order valence-corrected chi connectivity index (χ3v) is 7.47. The second kappa shape index (κ2) is 9.97. The third-order valence-electron chi connectivity index (χ3n) is 4.45. The minimum absolute atomic E-state index is 0.292. The highest BCUT2D eigenvalue weighted by atomic mass is 35.5. The summed E-state index contributed by atoms with van der Waals surface area (Å²) in [7, 11) is 0. The number of hydroxylamine groups is 2. The number of halogens is 2. The van der Waals surface area contributed by atoms with E-state index in [2.05, 4.69) is 10.4 Å². The highest BCUT2D eigenvalue weighted by Crippen LogP contribution is 2.42. The number of hydrazone groups is 1. The normalized spacial score (nSPS) is 17.9. The van der Waals surface area contributed by atoms with Gasteiger partial charge < -0.3 is 5.32 Å². The van der Waals surface area contributed by atoms with Crippen LogP contribution in [0.1, 0.15) is 19.4 Å². The lowest BCUT2D eigenvalue weighted by Gasteiger charge is -2.34. The van der Waals surface area contributed by atoms with Gasteiger partial charge in [-0.25, -0.2) is 9.80 Å². The molecule has 1 saturated heterocycles. The molecule has 0 spiro atoms. The third kappa shape index (κ3) is 5.66. The topological polar surface area (TPSA) is 68.2 Å². The van der Waals surface area contributed by atoms with Crippen LogP contribution in [0.3, 0.4) is 0 Å². The fourth-order valence-electron chi connectivity index (χ4n) is 2.91. The zero-order valence-corrected chi connectivity index (χ0v) is 20.8. The van der Waals surface area contributed by atoms with E-state index < -0.39 is 16.9 Å². The fraction of sp³-hybridized carbons (Fsp3) is 0.250. The number of carbonyl (C=O) groups excluding carboxylic acids is 1. The Labute approximate surface area is 204 Å². The number of anilines is 1. The predicted molar refractivity (Wildman–Crippen MR) is 135 cm³/mol. The molecule has 2 aromatic carbocycles. The molecule has 31 heavy (non-hydrogen) atoms. The molecule has 2 N–H and O–H groups in total. The van der Waals surface area contributed by atoms with Crippen molar-refractivity contribution in [2.75, 3.05) is 11.6 Å². The van der Waals surface area contributed by atoms with Crippen LogP contribution in [0.15, 0.2) is 52.5 Å². The lowest BCUT2D eigenvalue weighted by Crippen LogP contribution is -2.54. The van der Waals surface area contributed by atoms with Gasteiger partial charge in [0.05, 0.1) is 21.0 Å². The van der Waals surface area contributed by atoms with Crippen molar-refractivity contribution in [3.8, 4) is 0 Å². The zero-order chi connectivity index (χ0) is 22.8. The van der Waals surface area contributed by atoms with Crippen molar-refractivity contribution < 1.29 is 10.0 Å². The number of rotatable bonds is 5. The van der Waals surface area contributed by atoms with Gasteiger partial charge in [-0.3, -0.25) is 5.21 Å². The summed E-state index contributed by atoms with van der Waals surface area (Å²) < 4.78 is -0.158. The van der Waals surface area contributed by atoms with Gasteiger partial charge >= 0.3 is 6.03 Å². The molecule has 0 saturated carbocycles. The Balaban J connectivity index is 1.80. The molecule has 1 atom stereocenters. The summed E-state index contributed by atoms with van der Waals surface area (Å²) in [6.07, 6.45) is 2.83. The number of benzene rings is 2. The quantitative estimate of drug-likeness (QED) is 0.158. The molecule has 1 aliphatic heterocycles. The first-order chi connectivity index (χ1) is 14.6. The van der Waals surface area contributed by atoms with E-state index in [9.17, 15) is 10.0 Å². The smallest absolute Gasteiger partial charge is 0.306 e. The lowest BCUT2D eigenvalue weighted by atomic mass is 10.1. The summed E-state index contributed by atoms with van der Waals surface area (Å²) in [6.45, 7) is 3.76. The average molecular weight is 516 g/mol. The average Bonchev–Trinajstić information content (AvgIpc) is 2.96. The first-order valence-corrected chi connectivity index (χ1v) is 12.3. The van der Waals surface area contributed by atoms with Crippen molar-refractivity contribution in [2.45, 2.75) is 29.7 Å². The maximum Gasteiger partial charge on any atom is 0.347 e. The number of urea groups is 1. The first kappa shape index (κ1) is 24.2. The molecule has 2 amide bonds. The molecule has 0 unspecified atom stereocenters. The van der Waals surface area contributed by atoms with Crippen LogP contribution in [0.5, 0.6) is 0 Å². The molecule has 11 heteroatoms. The summed E-state index contributed by atoms with van der Waals surface area (Å²) >= 11 is 20.4. The van der Waals surface area contributed by atoms with Gasteiger partial charge in [-0.05, 0) is 56.0 Å². The van der Waals surface area contributed by atoms with Crippen molar-refractivity contribution in [2.24, 2.45) is 5.10 Å². The van der Waals surface area contributed by atoms with Crippen LogP contribution in [0, 0.1) is 0 Å². The number of nitrogens with one attached hydrogen (secondary N) is 1. The Hall–Kier alpha value is -1.49. The number of amides is 2. The standard InChI is InChI=1S/C20H20Cl2N4O2S3/c1-20(2)17(26(28)18(27)24-13-6-9-15(21)16(22)10-13)25(19(29)31-20)23-11-12-4-7-14(30-3)8-5-12/h4-11,17,28H,1-3H3,(H,24,27)/b23-11-/t17-/m1/s1. The molecule has 1 fully saturated rings. The Bertz CT molecular complexity index is 1020. The summed E-state index contributed by atoms with van der Waals surface area (Å²) in [5.41, 5.74) is 1.27. The molecule has 164 valence electrons. The van der Waals surface area contributed by atoms with Gasteiger partial charge in [0.2, 0.25) is 0 Å². The lowest BCUT2D eigenvalue weighted by molar-refractivity contribution is -0.114. The molecular weight excluding hydrogens is 495 g/mol. The van der Waals surface area contributed by atoms with Crippen molar-refractivity contribution in [3.05, 3.63) is 58.1 Å². The Kier molecular flexibility index (Phi) is 7.77. The van der Waals surface area contributed by atoms with E-state index in [1.807, 2.05) is 44.4 Å². The van der Waals surface area contributed by atoms with E-state index in [0.29, 0.717) is 25.1 Å². The highest BCUT2D eigenvalue weighted by Gasteiger charge is 2.50. The SMILES string of the molecule is CSc1ccc(/C=N\N2C(=S)SC(C)(C)[C@H]2N(O)C(=O)Nc2ccc(Cl)c(Cl)c2)cc1. The van der Waals surface area contributed by atoms with Crippen molar-refractivity contribution in [1.29, 1.82) is 0 Å². The van der Waals surface area contributed by atoms with Crippen LogP contribution in [-0.2, 0) is 0 Å². The molecule has 1 heterocycles. The number of carbonyl (C=O) groups is 1. The van der Waals surface area contributed by atoms with Gasteiger partial charge in [0.15, 0.2) is 10.5 Å². The molecule has 3 rings (SSSR count). The van der Waals surface area contributed by atoms with Crippen molar-refractivity contribution >= 4 is 81.2 Å². The van der Waals surface area contributed by atoms with E-state index in [-0.39, 0.29) is 0 Å². The van der Waals surface area contributed by atoms with Crippen LogP contribution < -0.4 is 5.32 Å². The molecule has 2 aromatic rings. The minimum atomic E-state index is -0.825. The molecule has 0 bridgehead atoms. The van der Waals surface area contributed by atoms with E-state index >= 15 is 0 Å². The van der Waals surface area contributed by atoms with Crippen LogP contribution in [-0.4, -0.2) is 49.0 Å². The number of thioether (sulfide) groups is 2. The van der Waals surface area contributed by atoms with Crippen molar-refractivity contribution in [3.63, 3.8) is 0 Å². The van der Waals surface area contributed by atoms with Gasteiger partial charge in [-0.1, -0.05) is 59.3 Å². The maximum absolute atomic E-state index is 12.7. The summed E-state index contributed by atoms with van der Waals surface area (Å²) in [6, 6.07) is 11.8. The minimum Gasteiger partial charge on any atom is -0.306 e. The van der Waals surface area contributed by atoms with Gasteiger partial charge in [0.1, 0.15) is 0 Å². The zero-order valence-electron chi connectivity index (χ0n) is 16.9. The van der Waals surface area contributed by atoms with E-state index in [1.54, 1.807) is 30.1 Å². The molecule has 0 aliphatic carbocycles. The second-order valence-electron chi connectivity index (χ2n) is 7.11. The Morgan fingerprint density at radius 3 is 2.58 bits per heavy atom. The molecular formula is C20H20Cl2N4O2S3. The monoisotopic (exact) mass is 514 g/mol. The predicted octanol–water partition coefficient (Wildman–Crippen LogP) is 6.41. The van der Waals surface area contributed by atoms with Gasteiger partial charge in [-0.15, -0.1) is 11.8 Å².